The van der Waals surface area contributed by atoms with Gasteiger partial charge < -0.3 is 22.1 Å². The molecule has 6 nitrogen and oxygen atoms in total. The molecule has 1 heterocycles. The number of para-hydroxylation sites is 1. The van der Waals surface area contributed by atoms with Crippen molar-refractivity contribution in [2.75, 3.05) is 23.7 Å². The van der Waals surface area contributed by atoms with E-state index in [9.17, 15) is 4.79 Å². The van der Waals surface area contributed by atoms with Crippen LogP contribution in [0.3, 0.4) is 0 Å². The predicted molar refractivity (Wildman–Crippen MR) is 80.0 cm³/mol. The van der Waals surface area contributed by atoms with E-state index in [0.717, 1.165) is 5.69 Å². The predicted octanol–water partition coefficient (Wildman–Crippen LogP) is 1.29. The number of nitrogens with two attached hydrogens (primary N) is 2. The Morgan fingerprint density at radius 1 is 1.15 bits per heavy atom. The van der Waals surface area contributed by atoms with Crippen LogP contribution in [0, 0.1) is 0 Å². The summed E-state index contributed by atoms with van der Waals surface area (Å²) in [4.78, 5) is 15.8. The van der Waals surface area contributed by atoms with Gasteiger partial charge in [-0.2, -0.15) is 0 Å². The fourth-order valence-corrected chi connectivity index (χ4v) is 1.71. The van der Waals surface area contributed by atoms with E-state index < -0.39 is 5.91 Å². The molecule has 0 unspecified atom stereocenters. The molecule has 0 radical (unpaired) electrons. The highest BCUT2D eigenvalue weighted by atomic mass is 16.1. The molecule has 20 heavy (non-hydrogen) atoms. The summed E-state index contributed by atoms with van der Waals surface area (Å²) in [5, 5.41) is 6.15. The third kappa shape index (κ3) is 3.46. The number of nitrogens with one attached hydrogen (secondary N) is 2. The highest BCUT2D eigenvalue weighted by molar-refractivity contribution is 5.98. The number of nitrogens with zero attached hydrogens (tertiary/aromatic N) is 1. The van der Waals surface area contributed by atoms with Crippen LogP contribution in [-0.4, -0.2) is 24.0 Å². The molecule has 0 saturated heterocycles. The van der Waals surface area contributed by atoms with Crippen LogP contribution in [0.25, 0.3) is 0 Å². The summed E-state index contributed by atoms with van der Waals surface area (Å²) >= 11 is 0. The van der Waals surface area contributed by atoms with E-state index in [1.165, 1.54) is 0 Å². The van der Waals surface area contributed by atoms with Crippen LogP contribution in [-0.2, 0) is 0 Å². The number of benzene rings is 1. The second kappa shape index (κ2) is 6.53. The monoisotopic (exact) mass is 271 g/mol. The van der Waals surface area contributed by atoms with Crippen molar-refractivity contribution in [2.45, 2.75) is 0 Å². The number of primary amides is 1. The Morgan fingerprint density at radius 2 is 1.90 bits per heavy atom. The minimum atomic E-state index is -0.527. The summed E-state index contributed by atoms with van der Waals surface area (Å²) in [6, 6.07) is 12.8. The molecule has 0 aliphatic rings. The molecule has 6 N–H and O–H groups in total. The van der Waals surface area contributed by atoms with Crippen molar-refractivity contribution in [1.29, 1.82) is 0 Å². The van der Waals surface area contributed by atoms with Gasteiger partial charge in [-0.05, 0) is 24.3 Å². The van der Waals surface area contributed by atoms with Crippen molar-refractivity contribution in [3.8, 4) is 0 Å². The Kier molecular flexibility index (Phi) is 4.52. The summed E-state index contributed by atoms with van der Waals surface area (Å²) in [6.07, 6.45) is 0. The second-order valence-corrected chi connectivity index (χ2v) is 4.16. The number of carbonyl (C=O) groups is 1. The normalized spacial score (nSPS) is 10.1. The maximum absolute atomic E-state index is 11.4. The first kappa shape index (κ1) is 13.8. The van der Waals surface area contributed by atoms with Crippen LogP contribution in [0.4, 0.5) is 17.3 Å². The van der Waals surface area contributed by atoms with Crippen molar-refractivity contribution in [3.63, 3.8) is 0 Å². The molecular weight excluding hydrogens is 254 g/mol. The summed E-state index contributed by atoms with van der Waals surface area (Å²) in [6.45, 7) is 1.11. The molecule has 0 bridgehead atoms. The zero-order chi connectivity index (χ0) is 14.4. The van der Waals surface area contributed by atoms with Crippen LogP contribution in [0.15, 0.2) is 42.5 Å². The molecule has 6 heteroatoms. The smallest absolute Gasteiger partial charge is 0.252 e. The number of pyridine rings is 1. The quantitative estimate of drug-likeness (QED) is 0.633. The van der Waals surface area contributed by atoms with Gasteiger partial charge in [0.1, 0.15) is 11.6 Å². The summed E-state index contributed by atoms with van der Waals surface area (Å²) in [5.41, 5.74) is 12.0. The van der Waals surface area contributed by atoms with Crippen LogP contribution in [0.2, 0.25) is 0 Å². The average Bonchev–Trinajstić information content (AvgIpc) is 2.46. The Hall–Kier alpha value is -2.60. The topological polar surface area (TPSA) is 106 Å². The van der Waals surface area contributed by atoms with Gasteiger partial charge >= 0.3 is 0 Å². The van der Waals surface area contributed by atoms with Crippen molar-refractivity contribution < 1.29 is 4.79 Å². The number of amides is 1. The molecule has 2 rings (SSSR count). The van der Waals surface area contributed by atoms with E-state index in [0.29, 0.717) is 30.3 Å². The van der Waals surface area contributed by atoms with E-state index in [1.54, 1.807) is 12.1 Å². The molecule has 104 valence electrons. The molecule has 1 aromatic heterocycles. The van der Waals surface area contributed by atoms with Gasteiger partial charge in [-0.25, -0.2) is 4.98 Å². The van der Waals surface area contributed by atoms with Crippen LogP contribution >= 0.6 is 0 Å². The Bertz CT molecular complexity index is 585. The summed E-state index contributed by atoms with van der Waals surface area (Å²) in [7, 11) is 0. The van der Waals surface area contributed by atoms with Gasteiger partial charge in [-0.15, -0.1) is 0 Å². The van der Waals surface area contributed by atoms with E-state index in [2.05, 4.69) is 15.6 Å². The minimum absolute atomic E-state index is 0.340. The van der Waals surface area contributed by atoms with Gasteiger partial charge in [0, 0.05) is 18.8 Å². The molecular formula is C14H17N5O. The maximum Gasteiger partial charge on any atom is 0.252 e. The van der Waals surface area contributed by atoms with Gasteiger partial charge in [-0.1, -0.05) is 18.2 Å². The summed E-state index contributed by atoms with van der Waals surface area (Å²) < 4.78 is 0. The van der Waals surface area contributed by atoms with Gasteiger partial charge in [0.15, 0.2) is 0 Å². The first-order valence-electron chi connectivity index (χ1n) is 6.27. The first-order chi connectivity index (χ1) is 9.70. The fourth-order valence-electron chi connectivity index (χ4n) is 1.71. The lowest BCUT2D eigenvalue weighted by molar-refractivity contribution is 0.100. The molecule has 2 aromatic rings. The molecule has 0 atom stereocenters. The third-order valence-electron chi connectivity index (χ3n) is 2.65. The van der Waals surface area contributed by atoms with Gasteiger partial charge in [-0.3, -0.25) is 4.79 Å². The average molecular weight is 271 g/mol. The number of hydrogen-bond donors (Lipinski definition) is 4. The van der Waals surface area contributed by atoms with Crippen molar-refractivity contribution in [3.05, 3.63) is 48.0 Å². The Labute approximate surface area is 117 Å². The second-order valence-electron chi connectivity index (χ2n) is 4.16. The molecule has 0 aliphatic carbocycles. The summed E-state index contributed by atoms with van der Waals surface area (Å²) in [5.74, 6) is 0.533. The maximum atomic E-state index is 11.4. The first-order valence-corrected chi connectivity index (χ1v) is 6.27. The van der Waals surface area contributed by atoms with E-state index >= 15 is 0 Å². The van der Waals surface area contributed by atoms with Crippen molar-refractivity contribution in [2.24, 2.45) is 11.5 Å². The van der Waals surface area contributed by atoms with Gasteiger partial charge in [0.25, 0.3) is 5.91 Å². The Balaban J connectivity index is 2.29. The minimum Gasteiger partial charge on any atom is -0.369 e. The molecule has 0 fully saturated rings. The SMILES string of the molecule is NCCNc1ccc(C(N)=O)c(Nc2ccccc2)n1. The highest BCUT2D eigenvalue weighted by Crippen LogP contribution is 2.20. The van der Waals surface area contributed by atoms with Gasteiger partial charge in [0.2, 0.25) is 0 Å². The number of hydrogen-bond acceptors (Lipinski definition) is 5. The van der Waals surface area contributed by atoms with E-state index in [4.69, 9.17) is 11.5 Å². The van der Waals surface area contributed by atoms with E-state index in [1.807, 2.05) is 30.3 Å². The van der Waals surface area contributed by atoms with Crippen LogP contribution in [0.5, 0.6) is 0 Å². The largest absolute Gasteiger partial charge is 0.369 e. The van der Waals surface area contributed by atoms with Crippen LogP contribution in [0.1, 0.15) is 10.4 Å². The molecule has 0 spiro atoms. The number of anilines is 3. The Morgan fingerprint density at radius 3 is 2.55 bits per heavy atom. The lowest BCUT2D eigenvalue weighted by atomic mass is 10.2. The lowest BCUT2D eigenvalue weighted by Gasteiger charge is -2.11. The number of aromatic nitrogens is 1. The number of carbonyl (C=O) groups excluding carboxylic acids is 1. The highest BCUT2D eigenvalue weighted by Gasteiger charge is 2.11. The third-order valence-corrected chi connectivity index (χ3v) is 2.65. The fraction of sp³-hybridized carbons (Fsp3) is 0.143. The van der Waals surface area contributed by atoms with Crippen molar-refractivity contribution >= 4 is 23.2 Å². The zero-order valence-electron chi connectivity index (χ0n) is 11.0. The molecule has 1 aromatic carbocycles. The molecule has 0 saturated carbocycles. The van der Waals surface area contributed by atoms with Crippen LogP contribution < -0.4 is 22.1 Å². The standard InChI is InChI=1S/C14H17N5O/c15-8-9-17-12-7-6-11(13(16)20)14(19-12)18-10-4-2-1-3-5-10/h1-7H,8-9,15H2,(H2,16,20)(H2,17,18,19). The molecule has 0 aliphatic heterocycles. The van der Waals surface area contributed by atoms with E-state index in [-0.39, 0.29) is 0 Å². The lowest BCUT2D eigenvalue weighted by Crippen LogP contribution is -2.17. The zero-order valence-corrected chi connectivity index (χ0v) is 11.0. The van der Waals surface area contributed by atoms with Gasteiger partial charge in [0.05, 0.1) is 5.56 Å². The number of rotatable bonds is 6. The molecule has 1 amide bonds. The van der Waals surface area contributed by atoms with Crippen molar-refractivity contribution in [1.82, 2.24) is 4.98 Å².